The third kappa shape index (κ3) is 3.02. The molecule has 1 aromatic carbocycles. The number of anilines is 1. The zero-order valence-corrected chi connectivity index (χ0v) is 15.3. The summed E-state index contributed by atoms with van der Waals surface area (Å²) in [6.07, 6.45) is 0. The second-order valence-corrected chi connectivity index (χ2v) is 7.53. The number of aliphatic carboxylic acids is 1. The first-order chi connectivity index (χ1) is 11.7. The zero-order valence-electron chi connectivity index (χ0n) is 14.5. The van der Waals surface area contributed by atoms with Gasteiger partial charge in [0.05, 0.1) is 16.0 Å². The van der Waals surface area contributed by atoms with Crippen LogP contribution in [0.15, 0.2) is 30.3 Å². The number of thiophene rings is 1. The highest BCUT2D eigenvalue weighted by atomic mass is 32.1. The van der Waals surface area contributed by atoms with Gasteiger partial charge in [0.2, 0.25) is 0 Å². The normalized spacial score (nSPS) is 11.7. The SMILES string of the molecule is Cc1nn(C)c2sc(C(=O)Nc3ccc(C(C)(C)C(=O)O)cc3)cc12. The summed E-state index contributed by atoms with van der Waals surface area (Å²) in [5.41, 5.74) is 1.23. The van der Waals surface area contributed by atoms with Gasteiger partial charge in [-0.05, 0) is 44.5 Å². The molecule has 0 aliphatic carbocycles. The number of benzene rings is 1. The van der Waals surface area contributed by atoms with E-state index in [0.717, 1.165) is 15.9 Å². The molecule has 0 radical (unpaired) electrons. The second-order valence-electron chi connectivity index (χ2n) is 6.50. The van der Waals surface area contributed by atoms with E-state index in [4.69, 9.17) is 0 Å². The fourth-order valence-electron chi connectivity index (χ4n) is 2.60. The minimum absolute atomic E-state index is 0.189. The fourth-order valence-corrected chi connectivity index (χ4v) is 3.62. The maximum absolute atomic E-state index is 12.5. The zero-order chi connectivity index (χ0) is 18.4. The third-order valence-electron chi connectivity index (χ3n) is 4.32. The number of amides is 1. The Hall–Kier alpha value is -2.67. The van der Waals surface area contributed by atoms with Gasteiger partial charge >= 0.3 is 5.97 Å². The highest BCUT2D eigenvalue weighted by Crippen LogP contribution is 2.29. The Labute approximate surface area is 149 Å². The lowest BCUT2D eigenvalue weighted by Crippen LogP contribution is -2.28. The molecular formula is C18H19N3O3S. The van der Waals surface area contributed by atoms with E-state index in [2.05, 4.69) is 10.4 Å². The molecule has 3 aromatic rings. The van der Waals surface area contributed by atoms with Gasteiger partial charge in [-0.15, -0.1) is 11.3 Å². The molecule has 7 heteroatoms. The number of carboxylic acid groups (broad SMARTS) is 1. The van der Waals surface area contributed by atoms with Gasteiger partial charge in [-0.3, -0.25) is 14.3 Å². The first-order valence-electron chi connectivity index (χ1n) is 7.78. The van der Waals surface area contributed by atoms with Crippen molar-refractivity contribution in [1.29, 1.82) is 0 Å². The molecule has 0 spiro atoms. The van der Waals surface area contributed by atoms with Gasteiger partial charge in [-0.25, -0.2) is 0 Å². The average Bonchev–Trinajstić information content (AvgIpc) is 3.10. The largest absolute Gasteiger partial charge is 0.481 e. The van der Waals surface area contributed by atoms with Crippen molar-refractivity contribution < 1.29 is 14.7 Å². The van der Waals surface area contributed by atoms with Gasteiger partial charge < -0.3 is 10.4 Å². The third-order valence-corrected chi connectivity index (χ3v) is 5.52. The van der Waals surface area contributed by atoms with Crippen molar-refractivity contribution in [1.82, 2.24) is 9.78 Å². The van der Waals surface area contributed by atoms with Gasteiger partial charge in [-0.1, -0.05) is 12.1 Å². The van der Waals surface area contributed by atoms with Gasteiger partial charge in [0.1, 0.15) is 4.83 Å². The summed E-state index contributed by atoms with van der Waals surface area (Å²) in [6.45, 7) is 5.21. The van der Waals surface area contributed by atoms with Crippen molar-refractivity contribution in [3.05, 3.63) is 46.5 Å². The van der Waals surface area contributed by atoms with E-state index < -0.39 is 11.4 Å². The number of hydrogen-bond acceptors (Lipinski definition) is 4. The van der Waals surface area contributed by atoms with Crippen LogP contribution in [-0.4, -0.2) is 26.8 Å². The highest BCUT2D eigenvalue weighted by Gasteiger charge is 2.29. The van der Waals surface area contributed by atoms with Crippen LogP contribution in [-0.2, 0) is 17.3 Å². The van der Waals surface area contributed by atoms with E-state index in [1.54, 1.807) is 42.8 Å². The molecule has 2 heterocycles. The molecule has 6 nitrogen and oxygen atoms in total. The van der Waals surface area contributed by atoms with E-state index in [1.807, 2.05) is 20.0 Å². The number of carbonyl (C=O) groups is 2. The van der Waals surface area contributed by atoms with Crippen LogP contribution >= 0.6 is 11.3 Å². The van der Waals surface area contributed by atoms with Crippen molar-refractivity contribution in [2.45, 2.75) is 26.2 Å². The predicted molar refractivity (Wildman–Crippen MR) is 98.4 cm³/mol. The van der Waals surface area contributed by atoms with Crippen LogP contribution in [0.3, 0.4) is 0 Å². The van der Waals surface area contributed by atoms with Gasteiger partial charge in [0.15, 0.2) is 0 Å². The lowest BCUT2D eigenvalue weighted by atomic mass is 9.85. The van der Waals surface area contributed by atoms with E-state index in [-0.39, 0.29) is 5.91 Å². The Bertz CT molecular complexity index is 933. The molecule has 0 aliphatic heterocycles. The molecule has 0 atom stereocenters. The summed E-state index contributed by atoms with van der Waals surface area (Å²) < 4.78 is 1.77. The van der Waals surface area contributed by atoms with Crippen LogP contribution in [0.1, 0.15) is 34.8 Å². The van der Waals surface area contributed by atoms with Crippen molar-refractivity contribution in [2.75, 3.05) is 5.32 Å². The quantitative estimate of drug-likeness (QED) is 0.748. The predicted octanol–water partition coefficient (Wildman–Crippen LogP) is 3.56. The Balaban J connectivity index is 1.80. The molecular weight excluding hydrogens is 338 g/mol. The van der Waals surface area contributed by atoms with Crippen LogP contribution in [0, 0.1) is 6.92 Å². The summed E-state index contributed by atoms with van der Waals surface area (Å²) >= 11 is 1.39. The number of aryl methyl sites for hydroxylation is 2. The van der Waals surface area contributed by atoms with Crippen molar-refractivity contribution >= 4 is 39.1 Å². The van der Waals surface area contributed by atoms with Gasteiger partial charge in [0, 0.05) is 18.1 Å². The minimum Gasteiger partial charge on any atom is -0.481 e. The Morgan fingerprint density at radius 2 is 1.88 bits per heavy atom. The van der Waals surface area contributed by atoms with Crippen LogP contribution in [0.4, 0.5) is 5.69 Å². The van der Waals surface area contributed by atoms with Crippen molar-refractivity contribution in [3.63, 3.8) is 0 Å². The first kappa shape index (κ1) is 17.2. The van der Waals surface area contributed by atoms with Crippen LogP contribution in [0.5, 0.6) is 0 Å². The van der Waals surface area contributed by atoms with E-state index >= 15 is 0 Å². The number of hydrogen-bond donors (Lipinski definition) is 2. The molecule has 0 aliphatic rings. The van der Waals surface area contributed by atoms with E-state index in [1.165, 1.54) is 11.3 Å². The Morgan fingerprint density at radius 1 is 1.24 bits per heavy atom. The van der Waals surface area contributed by atoms with Gasteiger partial charge in [-0.2, -0.15) is 5.10 Å². The van der Waals surface area contributed by atoms with Crippen LogP contribution < -0.4 is 5.32 Å². The Morgan fingerprint density at radius 3 is 2.44 bits per heavy atom. The van der Waals surface area contributed by atoms with Crippen LogP contribution in [0.2, 0.25) is 0 Å². The average molecular weight is 357 g/mol. The second kappa shape index (κ2) is 6.00. The summed E-state index contributed by atoms with van der Waals surface area (Å²) in [5, 5.41) is 17.4. The molecule has 0 bridgehead atoms. The number of carbonyl (C=O) groups excluding carboxylic acids is 1. The maximum Gasteiger partial charge on any atom is 0.313 e. The van der Waals surface area contributed by atoms with E-state index in [0.29, 0.717) is 16.1 Å². The molecule has 3 rings (SSSR count). The number of carboxylic acids is 1. The minimum atomic E-state index is -0.974. The van der Waals surface area contributed by atoms with Crippen LogP contribution in [0.25, 0.3) is 10.2 Å². The highest BCUT2D eigenvalue weighted by molar-refractivity contribution is 7.20. The molecule has 0 saturated carbocycles. The Kier molecular flexibility index (Phi) is 4.12. The summed E-state index contributed by atoms with van der Waals surface area (Å²) in [4.78, 5) is 25.3. The smallest absolute Gasteiger partial charge is 0.313 e. The topological polar surface area (TPSA) is 84.2 Å². The summed E-state index contributed by atoms with van der Waals surface area (Å²) in [5.74, 6) is -1.08. The monoisotopic (exact) mass is 357 g/mol. The molecule has 0 fully saturated rings. The molecule has 2 aromatic heterocycles. The lowest BCUT2D eigenvalue weighted by molar-refractivity contribution is -0.142. The van der Waals surface area contributed by atoms with Crippen molar-refractivity contribution in [3.8, 4) is 0 Å². The molecule has 0 unspecified atom stereocenters. The number of fused-ring (bicyclic) bond motifs is 1. The number of nitrogens with one attached hydrogen (secondary N) is 1. The molecule has 0 saturated heterocycles. The number of nitrogens with zero attached hydrogens (tertiary/aromatic N) is 2. The lowest BCUT2D eigenvalue weighted by Gasteiger charge is -2.19. The summed E-state index contributed by atoms with van der Waals surface area (Å²) in [6, 6.07) is 8.74. The standard InChI is InChI=1S/C18H19N3O3S/c1-10-13-9-14(25-16(13)21(4)20-10)15(22)19-12-7-5-11(6-8-12)18(2,3)17(23)24/h5-9H,1-4H3,(H,19,22)(H,23,24). The summed E-state index contributed by atoms with van der Waals surface area (Å²) in [7, 11) is 1.86. The first-order valence-corrected chi connectivity index (χ1v) is 8.60. The molecule has 130 valence electrons. The number of aromatic nitrogens is 2. The molecule has 25 heavy (non-hydrogen) atoms. The maximum atomic E-state index is 12.5. The molecule has 2 N–H and O–H groups in total. The fraction of sp³-hybridized carbons (Fsp3) is 0.278. The van der Waals surface area contributed by atoms with E-state index in [9.17, 15) is 14.7 Å². The van der Waals surface area contributed by atoms with Gasteiger partial charge in [0.25, 0.3) is 5.91 Å². The number of rotatable bonds is 4. The van der Waals surface area contributed by atoms with Crippen molar-refractivity contribution in [2.24, 2.45) is 7.05 Å². The molecule has 1 amide bonds.